The van der Waals surface area contributed by atoms with E-state index < -0.39 is 0 Å². The fraction of sp³-hybridized carbons (Fsp3) is 0.111. The van der Waals surface area contributed by atoms with Crippen molar-refractivity contribution in [3.8, 4) is 22.8 Å². The number of nitrogens with zero attached hydrogens (tertiary/aromatic N) is 1. The van der Waals surface area contributed by atoms with Gasteiger partial charge in [0.1, 0.15) is 5.69 Å². The molecule has 3 aromatic rings. The number of aromatic nitrogens is 2. The maximum atomic E-state index is 12.4. The van der Waals surface area contributed by atoms with Crippen LogP contribution in [0.25, 0.3) is 11.3 Å². The standard InChI is InChI=1S/C18H16ClN3O3/c1-24-16-8-7-13(9-17(16)25-2)20-18(23)15-10-14(21-22-15)11-3-5-12(19)6-4-11/h3-10H,1-2H3,(H,20,23)(H,21,22). The molecular weight excluding hydrogens is 342 g/mol. The zero-order chi connectivity index (χ0) is 17.8. The molecule has 128 valence electrons. The van der Waals surface area contributed by atoms with Crippen LogP contribution in [0.1, 0.15) is 10.5 Å². The van der Waals surface area contributed by atoms with Crippen molar-refractivity contribution >= 4 is 23.2 Å². The van der Waals surface area contributed by atoms with Crippen LogP contribution in [-0.4, -0.2) is 30.3 Å². The lowest BCUT2D eigenvalue weighted by Crippen LogP contribution is -2.12. The van der Waals surface area contributed by atoms with Gasteiger partial charge in [0.25, 0.3) is 5.91 Å². The minimum atomic E-state index is -0.306. The molecule has 0 saturated carbocycles. The Labute approximate surface area is 149 Å². The number of hydrogen-bond acceptors (Lipinski definition) is 4. The van der Waals surface area contributed by atoms with Crippen LogP contribution < -0.4 is 14.8 Å². The number of carbonyl (C=O) groups is 1. The van der Waals surface area contributed by atoms with Gasteiger partial charge in [-0.15, -0.1) is 0 Å². The van der Waals surface area contributed by atoms with Gasteiger partial charge in [-0.25, -0.2) is 0 Å². The zero-order valence-corrected chi connectivity index (χ0v) is 14.4. The van der Waals surface area contributed by atoms with Crippen LogP contribution in [-0.2, 0) is 0 Å². The number of H-pyrrole nitrogens is 1. The van der Waals surface area contributed by atoms with Crippen LogP contribution in [0.3, 0.4) is 0 Å². The number of halogens is 1. The topological polar surface area (TPSA) is 76.2 Å². The van der Waals surface area contributed by atoms with E-state index >= 15 is 0 Å². The van der Waals surface area contributed by atoms with Gasteiger partial charge in [0.2, 0.25) is 0 Å². The predicted octanol–water partition coefficient (Wildman–Crippen LogP) is 4.00. The van der Waals surface area contributed by atoms with E-state index in [0.29, 0.717) is 33.6 Å². The number of nitrogens with one attached hydrogen (secondary N) is 2. The third-order valence-electron chi connectivity index (χ3n) is 3.60. The van der Waals surface area contributed by atoms with Crippen molar-refractivity contribution in [3.63, 3.8) is 0 Å². The second-order valence-electron chi connectivity index (χ2n) is 5.20. The molecule has 1 aromatic heterocycles. The highest BCUT2D eigenvalue weighted by atomic mass is 35.5. The summed E-state index contributed by atoms with van der Waals surface area (Å²) in [6, 6.07) is 14.1. The van der Waals surface area contributed by atoms with Crippen molar-refractivity contribution < 1.29 is 14.3 Å². The molecule has 0 spiro atoms. The van der Waals surface area contributed by atoms with Gasteiger partial charge in [0.15, 0.2) is 11.5 Å². The number of anilines is 1. The number of carbonyl (C=O) groups excluding carboxylic acids is 1. The Morgan fingerprint density at radius 2 is 1.76 bits per heavy atom. The molecule has 0 aliphatic carbocycles. The average molecular weight is 358 g/mol. The zero-order valence-electron chi connectivity index (χ0n) is 13.7. The maximum absolute atomic E-state index is 12.4. The van der Waals surface area contributed by atoms with Crippen molar-refractivity contribution in [1.29, 1.82) is 0 Å². The summed E-state index contributed by atoms with van der Waals surface area (Å²) in [4.78, 5) is 12.4. The molecule has 0 saturated heterocycles. The summed E-state index contributed by atoms with van der Waals surface area (Å²) in [6.07, 6.45) is 0. The highest BCUT2D eigenvalue weighted by Crippen LogP contribution is 2.30. The third-order valence-corrected chi connectivity index (χ3v) is 3.86. The monoisotopic (exact) mass is 357 g/mol. The lowest BCUT2D eigenvalue weighted by molar-refractivity contribution is 0.102. The van der Waals surface area contributed by atoms with Gasteiger partial charge in [0.05, 0.1) is 19.9 Å². The van der Waals surface area contributed by atoms with Gasteiger partial charge in [-0.3, -0.25) is 9.89 Å². The van der Waals surface area contributed by atoms with Crippen molar-refractivity contribution in [2.45, 2.75) is 0 Å². The van der Waals surface area contributed by atoms with E-state index in [4.69, 9.17) is 21.1 Å². The molecule has 0 bridgehead atoms. The molecule has 0 unspecified atom stereocenters. The van der Waals surface area contributed by atoms with E-state index in [9.17, 15) is 4.79 Å². The van der Waals surface area contributed by atoms with Gasteiger partial charge in [-0.05, 0) is 30.3 Å². The second kappa shape index (κ2) is 7.27. The first kappa shape index (κ1) is 16.9. The summed E-state index contributed by atoms with van der Waals surface area (Å²) in [5.74, 6) is 0.818. The molecule has 7 heteroatoms. The smallest absolute Gasteiger partial charge is 0.273 e. The molecule has 6 nitrogen and oxygen atoms in total. The fourth-order valence-corrected chi connectivity index (χ4v) is 2.44. The quantitative estimate of drug-likeness (QED) is 0.723. The molecular formula is C18H16ClN3O3. The van der Waals surface area contributed by atoms with Gasteiger partial charge >= 0.3 is 0 Å². The number of rotatable bonds is 5. The first-order valence-electron chi connectivity index (χ1n) is 7.45. The van der Waals surface area contributed by atoms with E-state index in [1.165, 1.54) is 7.11 Å². The summed E-state index contributed by atoms with van der Waals surface area (Å²) >= 11 is 5.88. The Morgan fingerprint density at radius 1 is 1.04 bits per heavy atom. The van der Waals surface area contributed by atoms with Gasteiger partial charge in [0, 0.05) is 22.3 Å². The largest absolute Gasteiger partial charge is 0.493 e. The van der Waals surface area contributed by atoms with Crippen LogP contribution in [0.2, 0.25) is 5.02 Å². The Hall–Kier alpha value is -2.99. The number of ether oxygens (including phenoxy) is 2. The average Bonchev–Trinajstić information content (AvgIpc) is 3.12. The Kier molecular flexibility index (Phi) is 4.90. The lowest BCUT2D eigenvalue weighted by Gasteiger charge is -2.10. The van der Waals surface area contributed by atoms with E-state index in [1.54, 1.807) is 43.5 Å². The van der Waals surface area contributed by atoms with Gasteiger partial charge in [-0.1, -0.05) is 23.7 Å². The molecule has 1 heterocycles. The highest BCUT2D eigenvalue weighted by Gasteiger charge is 2.13. The SMILES string of the molecule is COc1ccc(NC(=O)c2cc(-c3ccc(Cl)cc3)n[nH]2)cc1OC. The molecule has 0 fully saturated rings. The van der Waals surface area contributed by atoms with Crippen LogP contribution in [0.4, 0.5) is 5.69 Å². The van der Waals surface area contributed by atoms with Crippen molar-refractivity contribution in [3.05, 3.63) is 59.2 Å². The van der Waals surface area contributed by atoms with E-state index in [2.05, 4.69) is 15.5 Å². The Morgan fingerprint density at radius 3 is 2.44 bits per heavy atom. The highest BCUT2D eigenvalue weighted by molar-refractivity contribution is 6.30. The molecule has 2 aromatic carbocycles. The molecule has 0 atom stereocenters. The molecule has 1 amide bonds. The molecule has 0 aliphatic rings. The van der Waals surface area contributed by atoms with E-state index in [-0.39, 0.29) is 5.91 Å². The summed E-state index contributed by atoms with van der Waals surface area (Å²) < 4.78 is 10.4. The second-order valence-corrected chi connectivity index (χ2v) is 5.63. The fourth-order valence-electron chi connectivity index (χ4n) is 2.32. The Bertz CT molecular complexity index is 891. The molecule has 0 aliphatic heterocycles. The normalized spacial score (nSPS) is 10.4. The minimum absolute atomic E-state index is 0.306. The number of aromatic amines is 1. The molecule has 2 N–H and O–H groups in total. The van der Waals surface area contributed by atoms with Gasteiger partial charge < -0.3 is 14.8 Å². The number of amides is 1. The van der Waals surface area contributed by atoms with Crippen LogP contribution in [0.5, 0.6) is 11.5 Å². The van der Waals surface area contributed by atoms with E-state index in [1.807, 2.05) is 12.1 Å². The number of benzene rings is 2. The first-order chi connectivity index (χ1) is 12.1. The first-order valence-corrected chi connectivity index (χ1v) is 7.83. The van der Waals surface area contributed by atoms with Crippen molar-refractivity contribution in [1.82, 2.24) is 10.2 Å². The summed E-state index contributed by atoms with van der Waals surface area (Å²) in [5, 5.41) is 10.3. The summed E-state index contributed by atoms with van der Waals surface area (Å²) in [5.41, 5.74) is 2.46. The third kappa shape index (κ3) is 3.75. The van der Waals surface area contributed by atoms with Crippen molar-refractivity contribution in [2.75, 3.05) is 19.5 Å². The lowest BCUT2D eigenvalue weighted by atomic mass is 10.1. The maximum Gasteiger partial charge on any atom is 0.273 e. The Balaban J connectivity index is 1.77. The predicted molar refractivity (Wildman–Crippen MR) is 96.5 cm³/mol. The van der Waals surface area contributed by atoms with Crippen LogP contribution in [0, 0.1) is 0 Å². The molecule has 0 radical (unpaired) electrons. The van der Waals surface area contributed by atoms with E-state index in [0.717, 1.165) is 5.56 Å². The number of methoxy groups -OCH3 is 2. The minimum Gasteiger partial charge on any atom is -0.493 e. The number of hydrogen-bond donors (Lipinski definition) is 2. The van der Waals surface area contributed by atoms with Crippen molar-refractivity contribution in [2.24, 2.45) is 0 Å². The summed E-state index contributed by atoms with van der Waals surface area (Å²) in [7, 11) is 3.09. The van der Waals surface area contributed by atoms with Crippen LogP contribution in [0.15, 0.2) is 48.5 Å². The molecule has 3 rings (SSSR count). The molecule has 25 heavy (non-hydrogen) atoms. The summed E-state index contributed by atoms with van der Waals surface area (Å²) in [6.45, 7) is 0. The van der Waals surface area contributed by atoms with Gasteiger partial charge in [-0.2, -0.15) is 5.10 Å². The van der Waals surface area contributed by atoms with Crippen LogP contribution >= 0.6 is 11.6 Å².